The summed E-state index contributed by atoms with van der Waals surface area (Å²) in [6.07, 6.45) is 11.1. The van der Waals surface area contributed by atoms with E-state index in [1.54, 1.807) is 6.92 Å². The van der Waals surface area contributed by atoms with Crippen LogP contribution in [0.3, 0.4) is 0 Å². The minimum absolute atomic E-state index is 0.159. The lowest BCUT2D eigenvalue weighted by Gasteiger charge is -2.36. The maximum atomic E-state index is 13.3. The number of amides is 2. The van der Waals surface area contributed by atoms with Crippen LogP contribution < -0.4 is 10.1 Å². The average molecular weight is 551 g/mol. The Morgan fingerprint density at radius 2 is 1.48 bits per heavy atom. The number of ether oxygens (including phenoxy) is 2. The van der Waals surface area contributed by atoms with Crippen molar-refractivity contribution < 1.29 is 23.9 Å². The van der Waals surface area contributed by atoms with Crippen LogP contribution in [0.15, 0.2) is 54.6 Å². The first-order chi connectivity index (χ1) is 19.5. The van der Waals surface area contributed by atoms with Gasteiger partial charge in [-0.05, 0) is 36.6 Å². The van der Waals surface area contributed by atoms with E-state index >= 15 is 0 Å². The SMILES string of the molecule is CCCCCCCCCCCCOC(=O)CC1C(=O)NCCN1C(=O)C(C)Oc1ccc(-c2ccccc2)cc1. The van der Waals surface area contributed by atoms with Gasteiger partial charge in [-0.3, -0.25) is 14.4 Å². The van der Waals surface area contributed by atoms with Crippen LogP contribution in [0.25, 0.3) is 11.1 Å². The van der Waals surface area contributed by atoms with Crippen LogP contribution in [0.2, 0.25) is 0 Å². The summed E-state index contributed by atoms with van der Waals surface area (Å²) >= 11 is 0. The number of hydrogen-bond donors (Lipinski definition) is 1. The van der Waals surface area contributed by atoms with Gasteiger partial charge in [-0.2, -0.15) is 0 Å². The molecule has 7 heteroatoms. The summed E-state index contributed by atoms with van der Waals surface area (Å²) < 4.78 is 11.3. The van der Waals surface area contributed by atoms with E-state index in [2.05, 4.69) is 12.2 Å². The molecule has 7 nitrogen and oxygen atoms in total. The Morgan fingerprint density at radius 1 is 0.875 bits per heavy atom. The van der Waals surface area contributed by atoms with Crippen LogP contribution in [0, 0.1) is 0 Å². The minimum Gasteiger partial charge on any atom is -0.481 e. The lowest BCUT2D eigenvalue weighted by atomic mass is 10.1. The predicted molar refractivity (Wildman–Crippen MR) is 158 cm³/mol. The van der Waals surface area contributed by atoms with Crippen molar-refractivity contribution in [3.8, 4) is 16.9 Å². The van der Waals surface area contributed by atoms with Crippen LogP contribution in [-0.2, 0) is 19.1 Å². The molecule has 1 N–H and O–H groups in total. The van der Waals surface area contributed by atoms with Gasteiger partial charge in [0.25, 0.3) is 5.91 Å². The van der Waals surface area contributed by atoms with Gasteiger partial charge in [0.05, 0.1) is 13.0 Å². The number of hydrogen-bond acceptors (Lipinski definition) is 5. The van der Waals surface area contributed by atoms with Crippen molar-refractivity contribution in [3.63, 3.8) is 0 Å². The molecule has 218 valence electrons. The van der Waals surface area contributed by atoms with E-state index < -0.39 is 18.1 Å². The molecular weight excluding hydrogens is 504 g/mol. The van der Waals surface area contributed by atoms with Crippen molar-refractivity contribution in [2.24, 2.45) is 0 Å². The molecule has 2 aromatic carbocycles. The zero-order valence-electron chi connectivity index (χ0n) is 24.2. The topological polar surface area (TPSA) is 84.9 Å². The number of benzene rings is 2. The van der Waals surface area contributed by atoms with Crippen LogP contribution in [0.1, 0.15) is 84.5 Å². The van der Waals surface area contributed by atoms with E-state index in [-0.39, 0.29) is 18.2 Å². The summed E-state index contributed by atoms with van der Waals surface area (Å²) in [5.41, 5.74) is 2.15. The van der Waals surface area contributed by atoms with E-state index in [1.165, 1.54) is 49.8 Å². The normalized spacial score (nSPS) is 15.8. The zero-order chi connectivity index (χ0) is 28.6. The number of nitrogens with zero attached hydrogens (tertiary/aromatic N) is 1. The summed E-state index contributed by atoms with van der Waals surface area (Å²) in [5, 5.41) is 2.76. The van der Waals surface area contributed by atoms with Crippen molar-refractivity contribution in [2.45, 2.75) is 96.6 Å². The van der Waals surface area contributed by atoms with Crippen LogP contribution in [0.5, 0.6) is 5.75 Å². The van der Waals surface area contributed by atoms with Gasteiger partial charge in [0.15, 0.2) is 6.10 Å². The molecule has 2 aromatic rings. The molecule has 1 aliphatic rings. The first kappa shape index (κ1) is 31.2. The van der Waals surface area contributed by atoms with Gasteiger partial charge in [0.2, 0.25) is 5.91 Å². The van der Waals surface area contributed by atoms with Crippen molar-refractivity contribution in [1.82, 2.24) is 10.2 Å². The molecule has 1 fully saturated rings. The second-order valence-corrected chi connectivity index (χ2v) is 10.6. The van der Waals surface area contributed by atoms with Crippen molar-refractivity contribution in [2.75, 3.05) is 19.7 Å². The van der Waals surface area contributed by atoms with Gasteiger partial charge in [-0.15, -0.1) is 0 Å². The number of carbonyl (C=O) groups is 3. The first-order valence-corrected chi connectivity index (χ1v) is 15.1. The molecule has 0 aromatic heterocycles. The second kappa shape index (κ2) is 17.4. The summed E-state index contributed by atoms with van der Waals surface area (Å²) in [4.78, 5) is 39.8. The number of carbonyl (C=O) groups excluding carboxylic acids is 3. The number of esters is 1. The number of piperazine rings is 1. The molecule has 2 amide bonds. The summed E-state index contributed by atoms with van der Waals surface area (Å²) in [6.45, 7) is 4.90. The van der Waals surface area contributed by atoms with Crippen molar-refractivity contribution in [3.05, 3.63) is 54.6 Å². The van der Waals surface area contributed by atoms with Gasteiger partial charge in [-0.25, -0.2) is 0 Å². The van der Waals surface area contributed by atoms with Gasteiger partial charge in [0, 0.05) is 13.1 Å². The molecule has 0 aliphatic carbocycles. The van der Waals surface area contributed by atoms with Gasteiger partial charge >= 0.3 is 5.97 Å². The molecule has 1 aliphatic heterocycles. The van der Waals surface area contributed by atoms with Crippen molar-refractivity contribution in [1.29, 1.82) is 0 Å². The fourth-order valence-electron chi connectivity index (χ4n) is 5.02. The van der Waals surface area contributed by atoms with E-state index in [0.717, 1.165) is 30.4 Å². The van der Waals surface area contributed by atoms with E-state index in [9.17, 15) is 14.4 Å². The van der Waals surface area contributed by atoms with Crippen LogP contribution in [0.4, 0.5) is 0 Å². The molecule has 1 heterocycles. The summed E-state index contributed by atoms with van der Waals surface area (Å²) in [5.74, 6) is -0.556. The van der Waals surface area contributed by atoms with Crippen LogP contribution in [-0.4, -0.2) is 54.5 Å². The molecule has 2 unspecified atom stereocenters. The molecule has 0 saturated carbocycles. The molecule has 1 saturated heterocycles. The van der Waals surface area contributed by atoms with E-state index in [0.29, 0.717) is 25.4 Å². The zero-order valence-corrected chi connectivity index (χ0v) is 24.2. The summed E-state index contributed by atoms with van der Waals surface area (Å²) in [6, 6.07) is 16.7. The third-order valence-corrected chi connectivity index (χ3v) is 7.36. The predicted octanol–water partition coefficient (Wildman–Crippen LogP) is 6.30. The van der Waals surface area contributed by atoms with Gasteiger partial charge in [0.1, 0.15) is 11.8 Å². The Hall–Kier alpha value is -3.35. The average Bonchev–Trinajstić information content (AvgIpc) is 2.97. The summed E-state index contributed by atoms with van der Waals surface area (Å²) in [7, 11) is 0. The Labute approximate surface area is 239 Å². The Balaban J connectivity index is 1.40. The fraction of sp³-hybridized carbons (Fsp3) is 0.545. The third-order valence-electron chi connectivity index (χ3n) is 7.36. The highest BCUT2D eigenvalue weighted by molar-refractivity contribution is 5.93. The molecule has 0 spiro atoms. The number of unbranched alkanes of at least 4 members (excludes halogenated alkanes) is 9. The molecule has 0 radical (unpaired) electrons. The smallest absolute Gasteiger partial charge is 0.308 e. The molecule has 40 heavy (non-hydrogen) atoms. The maximum Gasteiger partial charge on any atom is 0.308 e. The van der Waals surface area contributed by atoms with Crippen LogP contribution >= 0.6 is 0 Å². The minimum atomic E-state index is -0.895. The second-order valence-electron chi connectivity index (χ2n) is 10.6. The fourth-order valence-corrected chi connectivity index (χ4v) is 5.02. The maximum absolute atomic E-state index is 13.3. The number of rotatable bonds is 17. The monoisotopic (exact) mass is 550 g/mol. The molecule has 2 atom stereocenters. The van der Waals surface area contributed by atoms with Gasteiger partial charge < -0.3 is 19.7 Å². The highest BCUT2D eigenvalue weighted by atomic mass is 16.5. The highest BCUT2D eigenvalue weighted by Gasteiger charge is 2.37. The quantitative estimate of drug-likeness (QED) is 0.185. The standard InChI is InChI=1S/C33H46N2O5/c1-3-4-5-6-7-8-9-10-11-15-24-39-31(36)25-30-32(37)34-22-23-35(30)33(38)26(2)40-29-20-18-28(19-21-29)27-16-13-12-14-17-27/h12-14,16-21,26,30H,3-11,15,22-25H2,1-2H3,(H,34,37). The van der Waals surface area contributed by atoms with E-state index in [1.807, 2.05) is 54.6 Å². The number of nitrogens with one attached hydrogen (secondary N) is 1. The Kier molecular flexibility index (Phi) is 13.5. The Bertz CT molecular complexity index is 1040. The highest BCUT2D eigenvalue weighted by Crippen LogP contribution is 2.23. The van der Waals surface area contributed by atoms with E-state index in [4.69, 9.17) is 9.47 Å². The Morgan fingerprint density at radius 3 is 2.12 bits per heavy atom. The largest absolute Gasteiger partial charge is 0.481 e. The van der Waals surface area contributed by atoms with Crippen molar-refractivity contribution >= 4 is 17.8 Å². The lowest BCUT2D eigenvalue weighted by molar-refractivity contribution is -0.154. The first-order valence-electron chi connectivity index (χ1n) is 15.1. The third kappa shape index (κ3) is 10.3. The van der Waals surface area contributed by atoms with Gasteiger partial charge in [-0.1, -0.05) is 107 Å². The molecule has 3 rings (SSSR count). The molecule has 0 bridgehead atoms. The lowest BCUT2D eigenvalue weighted by Crippen LogP contribution is -2.60. The molecular formula is C33H46N2O5.